The van der Waals surface area contributed by atoms with Crippen LogP contribution in [0.2, 0.25) is 0 Å². The normalized spacial score (nSPS) is 11.5. The van der Waals surface area contributed by atoms with Crippen LogP contribution in [0.5, 0.6) is 0 Å². The van der Waals surface area contributed by atoms with Gasteiger partial charge in [0.15, 0.2) is 17.5 Å². The molecule has 0 radical (unpaired) electrons. The molecule has 32 heavy (non-hydrogen) atoms. The molecule has 3 heterocycles. The molecule has 162 valence electrons. The van der Waals surface area contributed by atoms with Crippen molar-refractivity contribution in [2.45, 2.75) is 20.4 Å². The van der Waals surface area contributed by atoms with E-state index in [1.165, 1.54) is 33.1 Å². The minimum absolute atomic E-state index is 0.0997. The van der Waals surface area contributed by atoms with Crippen LogP contribution in [0.25, 0.3) is 15.7 Å². The van der Waals surface area contributed by atoms with E-state index in [9.17, 15) is 18.0 Å². The Morgan fingerprint density at radius 2 is 1.81 bits per heavy atom. The molecule has 0 saturated heterocycles. The van der Waals surface area contributed by atoms with Crippen LogP contribution in [-0.2, 0) is 6.54 Å². The van der Waals surface area contributed by atoms with E-state index >= 15 is 0 Å². The third kappa shape index (κ3) is 3.40. The van der Waals surface area contributed by atoms with Crippen LogP contribution in [0.3, 0.4) is 0 Å². The summed E-state index contributed by atoms with van der Waals surface area (Å²) >= 11 is 1.53. The van der Waals surface area contributed by atoms with Gasteiger partial charge in [0.25, 0.3) is 5.56 Å². The standard InChI is InChI=1S/C21H15F3N6OS/c1-10-3-16-18(32-11(2)26-16)6-15(10)27-21-28-20(31)17-7-25-9-30(17)29(21)8-12-4-13(22)19(24)14(23)5-12/h3-7,9H,8H2,1-2H3,(H,27,28,31). The molecule has 1 N–H and O–H groups in total. The van der Waals surface area contributed by atoms with Crippen LogP contribution < -0.4 is 10.9 Å². The Labute approximate surface area is 182 Å². The maximum absolute atomic E-state index is 13.8. The number of nitrogens with one attached hydrogen (secondary N) is 1. The van der Waals surface area contributed by atoms with Gasteiger partial charge in [-0.05, 0) is 49.2 Å². The van der Waals surface area contributed by atoms with Gasteiger partial charge < -0.3 is 5.32 Å². The van der Waals surface area contributed by atoms with Crippen molar-refractivity contribution < 1.29 is 13.2 Å². The first kappa shape index (κ1) is 20.2. The number of fused-ring (bicyclic) bond motifs is 2. The lowest BCUT2D eigenvalue weighted by molar-refractivity contribution is 0.443. The molecule has 11 heteroatoms. The SMILES string of the molecule is Cc1nc2cc(C)c(Nc3nc(=O)c4cncn4n3Cc3cc(F)c(F)c(F)c3)cc2s1. The molecule has 0 atom stereocenters. The summed E-state index contributed by atoms with van der Waals surface area (Å²) in [5.74, 6) is -4.00. The molecule has 0 fully saturated rings. The molecule has 7 nitrogen and oxygen atoms in total. The summed E-state index contributed by atoms with van der Waals surface area (Å²) in [7, 11) is 0. The zero-order valence-corrected chi connectivity index (χ0v) is 17.7. The maximum atomic E-state index is 13.8. The minimum Gasteiger partial charge on any atom is -0.324 e. The van der Waals surface area contributed by atoms with Crippen molar-refractivity contribution in [1.82, 2.24) is 24.1 Å². The van der Waals surface area contributed by atoms with Crippen LogP contribution in [-0.4, -0.2) is 24.1 Å². The third-order valence-electron chi connectivity index (χ3n) is 5.01. The van der Waals surface area contributed by atoms with E-state index in [-0.39, 0.29) is 23.6 Å². The van der Waals surface area contributed by atoms with E-state index in [4.69, 9.17) is 0 Å². The number of rotatable bonds is 4. The smallest absolute Gasteiger partial charge is 0.300 e. The highest BCUT2D eigenvalue weighted by Crippen LogP contribution is 2.29. The van der Waals surface area contributed by atoms with E-state index in [0.29, 0.717) is 5.69 Å². The summed E-state index contributed by atoms with van der Waals surface area (Å²) in [6, 6.07) is 5.63. The van der Waals surface area contributed by atoms with Gasteiger partial charge in [-0.1, -0.05) is 0 Å². The highest BCUT2D eigenvalue weighted by molar-refractivity contribution is 7.18. The first-order valence-electron chi connectivity index (χ1n) is 9.51. The fraction of sp³-hybridized carbons (Fsp3) is 0.143. The minimum atomic E-state index is -1.54. The average Bonchev–Trinajstić information content (AvgIpc) is 3.35. The Bertz CT molecular complexity index is 1550. The Hall–Kier alpha value is -3.73. The molecule has 5 rings (SSSR count). The Morgan fingerprint density at radius 1 is 1.06 bits per heavy atom. The fourth-order valence-corrected chi connectivity index (χ4v) is 4.36. The van der Waals surface area contributed by atoms with Crippen molar-refractivity contribution in [1.29, 1.82) is 0 Å². The van der Waals surface area contributed by atoms with E-state index in [1.54, 1.807) is 0 Å². The molecule has 0 aliphatic heterocycles. The lowest BCUT2D eigenvalue weighted by atomic mass is 10.2. The summed E-state index contributed by atoms with van der Waals surface area (Å²) in [6.45, 7) is 3.71. The van der Waals surface area contributed by atoms with E-state index < -0.39 is 23.0 Å². The Morgan fingerprint density at radius 3 is 2.56 bits per heavy atom. The van der Waals surface area contributed by atoms with Crippen LogP contribution in [0, 0.1) is 31.3 Å². The van der Waals surface area contributed by atoms with E-state index in [2.05, 4.69) is 20.3 Å². The van der Waals surface area contributed by atoms with Gasteiger partial charge in [-0.25, -0.2) is 32.3 Å². The zero-order valence-electron chi connectivity index (χ0n) is 16.9. The van der Waals surface area contributed by atoms with E-state index in [0.717, 1.165) is 32.9 Å². The van der Waals surface area contributed by atoms with Gasteiger partial charge in [-0.2, -0.15) is 4.98 Å². The lowest BCUT2D eigenvalue weighted by Gasteiger charge is -2.17. The molecule has 0 aliphatic carbocycles. The number of benzene rings is 2. The Kier molecular flexibility index (Phi) is 4.70. The molecule has 0 unspecified atom stereocenters. The second-order valence-corrected chi connectivity index (χ2v) is 8.52. The second kappa shape index (κ2) is 7.45. The first-order chi connectivity index (χ1) is 15.3. The van der Waals surface area contributed by atoms with Crippen molar-refractivity contribution in [2.75, 3.05) is 5.32 Å². The predicted octanol–water partition coefficient (Wildman–Crippen LogP) is 4.33. The molecule has 0 spiro atoms. The van der Waals surface area contributed by atoms with E-state index in [1.807, 2.05) is 26.0 Å². The van der Waals surface area contributed by atoms with Crippen LogP contribution in [0.15, 0.2) is 41.6 Å². The number of aromatic nitrogens is 5. The average molecular weight is 456 g/mol. The number of imidazole rings is 1. The zero-order chi connectivity index (χ0) is 22.6. The van der Waals surface area contributed by atoms with Crippen molar-refractivity contribution in [3.8, 4) is 0 Å². The largest absolute Gasteiger partial charge is 0.324 e. The number of thiazole rings is 1. The van der Waals surface area contributed by atoms with Crippen molar-refractivity contribution in [2.24, 2.45) is 0 Å². The van der Waals surface area contributed by atoms with Crippen molar-refractivity contribution in [3.05, 3.63) is 80.7 Å². The number of nitrogens with zero attached hydrogens (tertiary/aromatic N) is 5. The van der Waals surface area contributed by atoms with Crippen LogP contribution in [0.4, 0.5) is 24.8 Å². The van der Waals surface area contributed by atoms with Crippen LogP contribution in [0.1, 0.15) is 16.1 Å². The van der Waals surface area contributed by atoms with Gasteiger partial charge >= 0.3 is 0 Å². The highest BCUT2D eigenvalue weighted by atomic mass is 32.1. The lowest BCUT2D eigenvalue weighted by Crippen LogP contribution is -2.23. The maximum Gasteiger partial charge on any atom is 0.300 e. The molecule has 2 aromatic carbocycles. The number of hydrogen-bond acceptors (Lipinski definition) is 6. The first-order valence-corrected chi connectivity index (χ1v) is 10.3. The molecule has 3 aromatic heterocycles. The van der Waals surface area contributed by atoms with Gasteiger partial charge in [-0.3, -0.25) is 4.79 Å². The summed E-state index contributed by atoms with van der Waals surface area (Å²) < 4.78 is 44.9. The number of aryl methyl sites for hydroxylation is 2. The number of halogens is 3. The van der Waals surface area contributed by atoms with Gasteiger partial charge in [-0.15, -0.1) is 11.3 Å². The van der Waals surface area contributed by atoms with Gasteiger partial charge in [0.2, 0.25) is 5.95 Å². The topological polar surface area (TPSA) is 77.1 Å². The summed E-state index contributed by atoms with van der Waals surface area (Å²) in [5.41, 5.74) is 2.23. The molecule has 0 bridgehead atoms. The number of hydrogen-bond donors (Lipinski definition) is 1. The Balaban J connectivity index is 1.65. The monoisotopic (exact) mass is 456 g/mol. The van der Waals surface area contributed by atoms with Gasteiger partial charge in [0.1, 0.15) is 11.8 Å². The van der Waals surface area contributed by atoms with Crippen LogP contribution >= 0.6 is 11.3 Å². The summed E-state index contributed by atoms with van der Waals surface area (Å²) in [4.78, 5) is 25.1. The third-order valence-corrected chi connectivity index (χ3v) is 5.95. The highest BCUT2D eigenvalue weighted by Gasteiger charge is 2.16. The second-order valence-electron chi connectivity index (χ2n) is 7.29. The van der Waals surface area contributed by atoms with Crippen molar-refractivity contribution >= 4 is 38.7 Å². The fourth-order valence-electron chi connectivity index (χ4n) is 3.51. The molecular weight excluding hydrogens is 441 g/mol. The molecule has 0 aliphatic rings. The molecule has 5 aromatic rings. The molecule has 0 saturated carbocycles. The summed E-state index contributed by atoms with van der Waals surface area (Å²) in [5, 5.41) is 4.07. The van der Waals surface area contributed by atoms with Crippen molar-refractivity contribution in [3.63, 3.8) is 0 Å². The van der Waals surface area contributed by atoms with Gasteiger partial charge in [0.05, 0.1) is 28.0 Å². The molecule has 0 amide bonds. The number of anilines is 2. The molecular formula is C21H15F3N6OS. The van der Waals surface area contributed by atoms with Gasteiger partial charge in [0, 0.05) is 5.69 Å². The predicted molar refractivity (Wildman–Crippen MR) is 115 cm³/mol. The quantitative estimate of drug-likeness (QED) is 0.408. The summed E-state index contributed by atoms with van der Waals surface area (Å²) in [6.07, 6.45) is 2.74.